The Morgan fingerprint density at radius 2 is 1.78 bits per heavy atom. The molecule has 7 heteroatoms. The highest BCUT2D eigenvalue weighted by Gasteiger charge is 2.23. The molecule has 32 heavy (non-hydrogen) atoms. The van der Waals surface area contributed by atoms with Gasteiger partial charge in [-0.15, -0.1) is 0 Å². The highest BCUT2D eigenvalue weighted by Crippen LogP contribution is 2.11. The van der Waals surface area contributed by atoms with E-state index in [1.807, 2.05) is 44.2 Å². The van der Waals surface area contributed by atoms with Crippen LogP contribution in [0.2, 0.25) is 0 Å². The number of nitrogens with zero attached hydrogens (tertiary/aromatic N) is 2. The van der Waals surface area contributed by atoms with Crippen molar-refractivity contribution in [2.24, 2.45) is 0 Å². The summed E-state index contributed by atoms with van der Waals surface area (Å²) in [6.07, 6.45) is 6.28. The van der Waals surface area contributed by atoms with Crippen molar-refractivity contribution in [3.05, 3.63) is 93.8 Å². The minimum absolute atomic E-state index is 0.0301. The highest BCUT2D eigenvalue weighted by molar-refractivity contribution is 5.99. The number of furan rings is 1. The van der Waals surface area contributed by atoms with Crippen molar-refractivity contribution in [3.63, 3.8) is 0 Å². The van der Waals surface area contributed by atoms with E-state index >= 15 is 0 Å². The summed E-state index contributed by atoms with van der Waals surface area (Å²) in [6, 6.07) is 13.2. The molecule has 2 amide bonds. The molecule has 0 saturated carbocycles. The molecule has 1 aromatic carbocycles. The van der Waals surface area contributed by atoms with Crippen LogP contribution in [0.5, 0.6) is 0 Å². The van der Waals surface area contributed by atoms with Gasteiger partial charge in [0.05, 0.1) is 12.8 Å². The SMILES string of the molecule is CCCCNC(=O)c1cn(Cc2ccco2)cc(C(=O)N(CC)Cc2ccccc2)c1=O. The number of carbonyl (C=O) groups is 2. The van der Waals surface area contributed by atoms with Gasteiger partial charge in [0.25, 0.3) is 11.8 Å². The lowest BCUT2D eigenvalue weighted by Gasteiger charge is -2.21. The van der Waals surface area contributed by atoms with Crippen LogP contribution in [0.15, 0.2) is 70.3 Å². The van der Waals surface area contributed by atoms with E-state index in [0.717, 1.165) is 18.4 Å². The average Bonchev–Trinajstić information content (AvgIpc) is 3.32. The Hall–Kier alpha value is -3.61. The summed E-state index contributed by atoms with van der Waals surface area (Å²) in [6.45, 7) is 5.46. The van der Waals surface area contributed by atoms with Gasteiger partial charge in [-0.3, -0.25) is 14.4 Å². The summed E-state index contributed by atoms with van der Waals surface area (Å²) in [5.41, 5.74) is 0.324. The Bertz CT molecular complexity index is 1090. The summed E-state index contributed by atoms with van der Waals surface area (Å²) in [5.74, 6) is -0.226. The molecular formula is C25H29N3O4. The van der Waals surface area contributed by atoms with E-state index in [1.165, 1.54) is 12.4 Å². The Balaban J connectivity index is 1.96. The molecular weight excluding hydrogens is 406 g/mol. The predicted molar refractivity (Wildman–Crippen MR) is 123 cm³/mol. The fourth-order valence-electron chi connectivity index (χ4n) is 3.39. The molecule has 2 heterocycles. The zero-order valence-electron chi connectivity index (χ0n) is 18.5. The minimum atomic E-state index is -0.564. The zero-order chi connectivity index (χ0) is 22.9. The number of carbonyl (C=O) groups excluding carboxylic acids is 2. The van der Waals surface area contributed by atoms with Crippen molar-refractivity contribution in [1.82, 2.24) is 14.8 Å². The fraction of sp³-hybridized carbons (Fsp3) is 0.320. The zero-order valence-corrected chi connectivity index (χ0v) is 18.5. The Morgan fingerprint density at radius 3 is 2.44 bits per heavy atom. The van der Waals surface area contributed by atoms with Gasteiger partial charge in [0, 0.05) is 32.0 Å². The van der Waals surface area contributed by atoms with Crippen molar-refractivity contribution in [1.29, 1.82) is 0 Å². The monoisotopic (exact) mass is 435 g/mol. The first-order valence-corrected chi connectivity index (χ1v) is 10.9. The summed E-state index contributed by atoms with van der Waals surface area (Å²) in [4.78, 5) is 40.8. The number of rotatable bonds is 10. The number of hydrogen-bond donors (Lipinski definition) is 1. The van der Waals surface area contributed by atoms with Crippen molar-refractivity contribution >= 4 is 11.8 Å². The van der Waals surface area contributed by atoms with Crippen LogP contribution in [0.1, 0.15) is 58.7 Å². The largest absolute Gasteiger partial charge is 0.467 e. The lowest BCUT2D eigenvalue weighted by Crippen LogP contribution is -2.37. The lowest BCUT2D eigenvalue weighted by atomic mass is 10.1. The molecule has 0 atom stereocenters. The highest BCUT2D eigenvalue weighted by atomic mass is 16.3. The number of pyridine rings is 1. The second kappa shape index (κ2) is 11.1. The topological polar surface area (TPSA) is 84.6 Å². The molecule has 0 spiro atoms. The molecule has 1 N–H and O–H groups in total. The van der Waals surface area contributed by atoms with Crippen LogP contribution in [0.4, 0.5) is 0 Å². The van der Waals surface area contributed by atoms with E-state index in [1.54, 1.807) is 27.9 Å². The third kappa shape index (κ3) is 5.75. The van der Waals surface area contributed by atoms with Gasteiger partial charge in [0.15, 0.2) is 0 Å². The molecule has 0 aliphatic rings. The number of aromatic nitrogens is 1. The molecule has 0 aliphatic carbocycles. The van der Waals surface area contributed by atoms with Gasteiger partial charge < -0.3 is 19.2 Å². The molecule has 2 aromatic heterocycles. The number of unbranched alkanes of at least 4 members (excludes halogenated alkanes) is 1. The van der Waals surface area contributed by atoms with Gasteiger partial charge in [0.2, 0.25) is 5.43 Å². The standard InChI is InChI=1S/C25H29N3O4/c1-3-5-13-26-24(30)21-17-27(16-20-12-9-14-32-20)18-22(23(21)29)25(31)28(4-2)15-19-10-7-6-8-11-19/h6-12,14,17-18H,3-5,13,15-16H2,1-2H3,(H,26,30). The third-order valence-electron chi connectivity index (χ3n) is 5.17. The minimum Gasteiger partial charge on any atom is -0.467 e. The molecule has 0 radical (unpaired) electrons. The first kappa shape index (κ1) is 23.1. The molecule has 3 aromatic rings. The number of hydrogen-bond acceptors (Lipinski definition) is 4. The second-order valence-corrected chi connectivity index (χ2v) is 7.58. The van der Waals surface area contributed by atoms with Crippen molar-refractivity contribution in [3.8, 4) is 0 Å². The molecule has 0 bridgehead atoms. The third-order valence-corrected chi connectivity index (χ3v) is 5.17. The van der Waals surface area contributed by atoms with E-state index < -0.39 is 17.2 Å². The number of benzene rings is 1. The van der Waals surface area contributed by atoms with Gasteiger partial charge in [0.1, 0.15) is 16.9 Å². The van der Waals surface area contributed by atoms with Crippen LogP contribution in [-0.2, 0) is 13.1 Å². The van der Waals surface area contributed by atoms with E-state index in [9.17, 15) is 14.4 Å². The van der Waals surface area contributed by atoms with Crippen molar-refractivity contribution in [2.75, 3.05) is 13.1 Å². The maximum Gasteiger partial charge on any atom is 0.259 e. The van der Waals surface area contributed by atoms with Crippen LogP contribution < -0.4 is 10.7 Å². The smallest absolute Gasteiger partial charge is 0.259 e. The first-order valence-electron chi connectivity index (χ1n) is 10.9. The molecule has 3 rings (SSSR count). The van der Waals surface area contributed by atoms with Crippen molar-refractivity contribution in [2.45, 2.75) is 39.8 Å². The summed E-state index contributed by atoms with van der Waals surface area (Å²) < 4.78 is 7.05. The average molecular weight is 436 g/mol. The molecule has 0 fully saturated rings. The van der Waals surface area contributed by atoms with E-state index in [0.29, 0.717) is 31.9 Å². The summed E-state index contributed by atoms with van der Waals surface area (Å²) >= 11 is 0. The maximum absolute atomic E-state index is 13.3. The van der Waals surface area contributed by atoms with Crippen LogP contribution in [0.3, 0.4) is 0 Å². The van der Waals surface area contributed by atoms with Crippen molar-refractivity contribution < 1.29 is 14.0 Å². The Kier molecular flexibility index (Phi) is 8.02. The maximum atomic E-state index is 13.3. The van der Waals surface area contributed by atoms with Crippen LogP contribution >= 0.6 is 0 Å². The van der Waals surface area contributed by atoms with Gasteiger partial charge in [-0.25, -0.2) is 0 Å². The van der Waals surface area contributed by atoms with Gasteiger partial charge in [-0.05, 0) is 31.0 Å². The van der Waals surface area contributed by atoms with E-state index in [-0.39, 0.29) is 11.1 Å². The second-order valence-electron chi connectivity index (χ2n) is 7.58. The van der Waals surface area contributed by atoms with Crippen LogP contribution in [0, 0.1) is 0 Å². The summed E-state index contributed by atoms with van der Waals surface area (Å²) in [7, 11) is 0. The van der Waals surface area contributed by atoms with Gasteiger partial charge >= 0.3 is 0 Å². The van der Waals surface area contributed by atoms with Crippen LogP contribution in [0.25, 0.3) is 0 Å². The fourth-order valence-corrected chi connectivity index (χ4v) is 3.39. The summed E-state index contributed by atoms with van der Waals surface area (Å²) in [5, 5.41) is 2.78. The quantitative estimate of drug-likeness (QED) is 0.493. The van der Waals surface area contributed by atoms with Gasteiger partial charge in [-0.2, -0.15) is 0 Å². The van der Waals surface area contributed by atoms with E-state index in [2.05, 4.69) is 5.32 Å². The first-order chi connectivity index (χ1) is 15.5. The Labute approximate surface area is 187 Å². The van der Waals surface area contributed by atoms with Crippen LogP contribution in [-0.4, -0.2) is 34.4 Å². The normalized spacial score (nSPS) is 10.7. The molecule has 0 saturated heterocycles. The predicted octanol–water partition coefficient (Wildman–Crippen LogP) is 3.68. The number of amides is 2. The number of nitrogens with one attached hydrogen (secondary N) is 1. The molecule has 0 aliphatic heterocycles. The molecule has 7 nitrogen and oxygen atoms in total. The molecule has 0 unspecified atom stereocenters. The van der Waals surface area contributed by atoms with E-state index in [4.69, 9.17) is 4.42 Å². The lowest BCUT2D eigenvalue weighted by molar-refractivity contribution is 0.0750. The van der Waals surface area contributed by atoms with Gasteiger partial charge in [-0.1, -0.05) is 43.7 Å². The molecule has 168 valence electrons. The Morgan fingerprint density at radius 1 is 1.03 bits per heavy atom.